The number of Topliss-reactive ketones (excluding diaryl/α,β-unsaturated/α-hetero) is 1. The zero-order valence-corrected chi connectivity index (χ0v) is 17.6. The van der Waals surface area contributed by atoms with Gasteiger partial charge in [-0.15, -0.1) is 0 Å². The maximum absolute atomic E-state index is 12.7. The monoisotopic (exact) mass is 388 g/mol. The standard InChI is InChI=1S/C18H36N4O3S/c1-11(2)10-15(21-18(25)16(22-26)12(3)4)17(24)20-14(13(5)23)8-6-7-9-19/h11-12,14-16,22,26H,6-10,19H2,1-5H3,(H,20,24)(H,21,25)/t14-,15-,16-/m0/s1. The molecule has 0 saturated carbocycles. The van der Waals surface area contributed by atoms with E-state index in [0.717, 1.165) is 12.8 Å². The lowest BCUT2D eigenvalue weighted by molar-refractivity contribution is -0.132. The fraction of sp³-hybridized carbons (Fsp3) is 0.833. The van der Waals surface area contributed by atoms with E-state index < -0.39 is 18.1 Å². The first kappa shape index (κ1) is 24.9. The summed E-state index contributed by atoms with van der Waals surface area (Å²) in [6.45, 7) is 9.77. The molecule has 26 heavy (non-hydrogen) atoms. The largest absolute Gasteiger partial charge is 0.345 e. The third kappa shape index (κ3) is 9.54. The van der Waals surface area contributed by atoms with Crippen LogP contribution in [-0.2, 0) is 14.4 Å². The molecule has 0 aliphatic carbocycles. The first-order chi connectivity index (χ1) is 12.1. The lowest BCUT2D eigenvalue weighted by Crippen LogP contribution is -2.55. The number of hydrogen-bond donors (Lipinski definition) is 5. The van der Waals surface area contributed by atoms with Gasteiger partial charge in [0.25, 0.3) is 0 Å². The number of unbranched alkanes of at least 4 members (excludes halogenated alkanes) is 1. The molecule has 0 aromatic rings. The number of carbonyl (C=O) groups excluding carboxylic acids is 3. The average Bonchev–Trinajstić information content (AvgIpc) is 2.52. The van der Waals surface area contributed by atoms with Crippen molar-refractivity contribution in [3.63, 3.8) is 0 Å². The summed E-state index contributed by atoms with van der Waals surface area (Å²) in [7, 11) is 0. The summed E-state index contributed by atoms with van der Waals surface area (Å²) >= 11 is 4.00. The summed E-state index contributed by atoms with van der Waals surface area (Å²) in [5.41, 5.74) is 5.48. The normalized spacial score (nSPS) is 14.8. The number of nitrogens with two attached hydrogens (primary N) is 1. The molecule has 0 fully saturated rings. The van der Waals surface area contributed by atoms with Crippen LogP contribution in [0.1, 0.15) is 60.3 Å². The number of amides is 2. The molecule has 0 radical (unpaired) electrons. The van der Waals surface area contributed by atoms with Gasteiger partial charge in [-0.25, -0.2) is 0 Å². The summed E-state index contributed by atoms with van der Waals surface area (Å²) in [6, 6.07) is -1.75. The molecule has 8 heteroatoms. The minimum Gasteiger partial charge on any atom is -0.345 e. The molecule has 0 bridgehead atoms. The molecule has 152 valence electrons. The summed E-state index contributed by atoms with van der Waals surface area (Å²) in [5, 5.41) is 5.59. The van der Waals surface area contributed by atoms with Crippen molar-refractivity contribution < 1.29 is 14.4 Å². The Morgan fingerprint density at radius 2 is 1.54 bits per heavy atom. The second kappa shape index (κ2) is 13.1. The summed E-state index contributed by atoms with van der Waals surface area (Å²) in [6.07, 6.45) is 2.60. The molecule has 0 heterocycles. The molecular formula is C18H36N4O3S. The number of ketones is 1. The van der Waals surface area contributed by atoms with E-state index in [9.17, 15) is 14.4 Å². The molecule has 0 aliphatic heterocycles. The first-order valence-corrected chi connectivity index (χ1v) is 9.79. The van der Waals surface area contributed by atoms with Gasteiger partial charge in [-0.1, -0.05) is 40.5 Å². The predicted octanol–water partition coefficient (Wildman–Crippen LogP) is 1.18. The first-order valence-electron chi connectivity index (χ1n) is 9.34. The van der Waals surface area contributed by atoms with E-state index in [0.29, 0.717) is 19.4 Å². The highest BCUT2D eigenvalue weighted by atomic mass is 32.1. The third-order valence-corrected chi connectivity index (χ3v) is 4.46. The molecular weight excluding hydrogens is 352 g/mol. The summed E-state index contributed by atoms with van der Waals surface area (Å²) < 4.78 is 2.68. The van der Waals surface area contributed by atoms with Crippen LogP contribution in [0.2, 0.25) is 0 Å². The Kier molecular flexibility index (Phi) is 12.5. The van der Waals surface area contributed by atoms with E-state index in [-0.39, 0.29) is 29.4 Å². The zero-order chi connectivity index (χ0) is 20.3. The number of rotatable bonds is 13. The predicted molar refractivity (Wildman–Crippen MR) is 108 cm³/mol. The van der Waals surface area contributed by atoms with Gasteiger partial charge in [-0.2, -0.15) is 0 Å². The number of thiol groups is 1. The third-order valence-electron chi connectivity index (χ3n) is 4.18. The molecule has 3 atom stereocenters. The van der Waals surface area contributed by atoms with Gasteiger partial charge in [0.05, 0.1) is 12.1 Å². The van der Waals surface area contributed by atoms with Crippen LogP contribution in [0.5, 0.6) is 0 Å². The maximum Gasteiger partial charge on any atom is 0.243 e. The van der Waals surface area contributed by atoms with Crippen molar-refractivity contribution in [1.82, 2.24) is 15.4 Å². The van der Waals surface area contributed by atoms with E-state index in [1.54, 1.807) is 0 Å². The van der Waals surface area contributed by atoms with Crippen molar-refractivity contribution in [3.8, 4) is 0 Å². The van der Waals surface area contributed by atoms with Gasteiger partial charge >= 0.3 is 0 Å². The second-order valence-corrected chi connectivity index (χ2v) is 7.76. The van der Waals surface area contributed by atoms with Gasteiger partial charge in [0.2, 0.25) is 11.8 Å². The average molecular weight is 389 g/mol. The Hall–Kier alpha value is -1.12. The number of hydrogen-bond acceptors (Lipinski definition) is 6. The molecule has 7 nitrogen and oxygen atoms in total. The van der Waals surface area contributed by atoms with E-state index in [4.69, 9.17) is 5.73 Å². The molecule has 0 rings (SSSR count). The van der Waals surface area contributed by atoms with Crippen molar-refractivity contribution in [1.29, 1.82) is 0 Å². The lowest BCUT2D eigenvalue weighted by atomic mass is 9.99. The van der Waals surface area contributed by atoms with Gasteiger partial charge in [0.1, 0.15) is 6.04 Å². The smallest absolute Gasteiger partial charge is 0.243 e. The number of carbonyl (C=O) groups is 3. The van der Waals surface area contributed by atoms with Crippen molar-refractivity contribution in [2.75, 3.05) is 6.54 Å². The molecule has 0 spiro atoms. The van der Waals surface area contributed by atoms with Crippen molar-refractivity contribution >= 4 is 30.4 Å². The fourth-order valence-corrected chi connectivity index (χ4v) is 3.03. The van der Waals surface area contributed by atoms with Gasteiger partial charge in [-0.05, 0) is 51.0 Å². The molecule has 0 unspecified atom stereocenters. The van der Waals surface area contributed by atoms with Crippen LogP contribution in [0, 0.1) is 11.8 Å². The highest BCUT2D eigenvalue weighted by Crippen LogP contribution is 2.10. The van der Waals surface area contributed by atoms with Gasteiger partial charge in [-0.3, -0.25) is 19.1 Å². The minimum atomic E-state index is -0.693. The fourth-order valence-electron chi connectivity index (χ4n) is 2.62. The van der Waals surface area contributed by atoms with E-state index in [1.807, 2.05) is 27.7 Å². The van der Waals surface area contributed by atoms with Gasteiger partial charge in [0, 0.05) is 0 Å². The van der Waals surface area contributed by atoms with Gasteiger partial charge < -0.3 is 16.4 Å². The molecule has 0 aliphatic rings. The highest BCUT2D eigenvalue weighted by Gasteiger charge is 2.29. The van der Waals surface area contributed by atoms with E-state index in [1.165, 1.54) is 6.92 Å². The van der Waals surface area contributed by atoms with E-state index in [2.05, 4.69) is 28.2 Å². The Morgan fingerprint density at radius 1 is 0.962 bits per heavy atom. The van der Waals surface area contributed by atoms with Crippen LogP contribution >= 0.6 is 12.8 Å². The Balaban J connectivity index is 5.05. The van der Waals surface area contributed by atoms with Gasteiger partial charge in [0.15, 0.2) is 5.78 Å². The van der Waals surface area contributed by atoms with Crippen molar-refractivity contribution in [2.45, 2.75) is 78.4 Å². The maximum atomic E-state index is 12.7. The molecule has 0 aromatic carbocycles. The molecule has 2 amide bonds. The molecule has 0 aromatic heterocycles. The van der Waals surface area contributed by atoms with Crippen LogP contribution in [0.25, 0.3) is 0 Å². The Morgan fingerprint density at radius 3 is 1.96 bits per heavy atom. The van der Waals surface area contributed by atoms with Crippen LogP contribution < -0.4 is 21.1 Å². The Labute approximate surface area is 163 Å². The highest BCUT2D eigenvalue weighted by molar-refractivity contribution is 7.78. The van der Waals surface area contributed by atoms with Crippen LogP contribution in [-0.4, -0.2) is 42.3 Å². The van der Waals surface area contributed by atoms with Crippen LogP contribution in [0.3, 0.4) is 0 Å². The lowest BCUT2D eigenvalue weighted by Gasteiger charge is -2.26. The zero-order valence-electron chi connectivity index (χ0n) is 16.7. The quantitative estimate of drug-likeness (QED) is 0.240. The van der Waals surface area contributed by atoms with Crippen LogP contribution in [0.4, 0.5) is 0 Å². The minimum absolute atomic E-state index is 0.0245. The number of nitrogens with one attached hydrogen (secondary N) is 3. The Bertz CT molecular complexity index is 458. The van der Waals surface area contributed by atoms with Crippen molar-refractivity contribution in [3.05, 3.63) is 0 Å². The topological polar surface area (TPSA) is 113 Å². The van der Waals surface area contributed by atoms with Crippen LogP contribution in [0.15, 0.2) is 0 Å². The SMILES string of the molecule is CC(=O)[C@H](CCCCN)NC(=O)[C@H](CC(C)C)NC(=O)[C@@H](NS)C(C)C. The summed E-state index contributed by atoms with van der Waals surface area (Å²) in [5.74, 6) is -0.473. The molecule has 0 saturated heterocycles. The van der Waals surface area contributed by atoms with E-state index >= 15 is 0 Å². The second-order valence-electron chi connectivity index (χ2n) is 7.50. The summed E-state index contributed by atoms with van der Waals surface area (Å²) in [4.78, 5) is 37.0. The van der Waals surface area contributed by atoms with Crippen molar-refractivity contribution in [2.24, 2.45) is 17.6 Å². The molecule has 5 N–H and O–H groups in total.